The second-order valence-electron chi connectivity index (χ2n) is 6.98. The van der Waals surface area contributed by atoms with Gasteiger partial charge < -0.3 is 5.32 Å². The summed E-state index contributed by atoms with van der Waals surface area (Å²) in [5, 5.41) is 15.8. The summed E-state index contributed by atoms with van der Waals surface area (Å²) in [6.07, 6.45) is 0. The molecule has 34 heavy (non-hydrogen) atoms. The molecule has 0 heterocycles. The second kappa shape index (κ2) is 10.8. The van der Waals surface area contributed by atoms with Gasteiger partial charge in [0.2, 0.25) is 0 Å². The highest BCUT2D eigenvalue weighted by Crippen LogP contribution is 2.17. The second-order valence-corrected chi connectivity index (χ2v) is 7.39. The molecule has 172 valence electrons. The number of nitro groups is 1. The largest absolute Gasteiger partial charge is 0.322 e. The molecule has 0 saturated heterocycles. The van der Waals surface area contributed by atoms with Crippen LogP contribution in [0.2, 0.25) is 0 Å². The first-order chi connectivity index (χ1) is 16.3. The van der Waals surface area contributed by atoms with Crippen molar-refractivity contribution in [3.8, 4) is 0 Å². The van der Waals surface area contributed by atoms with Gasteiger partial charge in [-0.25, -0.2) is 0 Å². The maximum absolute atomic E-state index is 12.4. The van der Waals surface area contributed by atoms with Crippen molar-refractivity contribution in [2.45, 2.75) is 6.92 Å². The lowest BCUT2D eigenvalue weighted by Gasteiger charge is -2.11. The van der Waals surface area contributed by atoms with Gasteiger partial charge in [0.05, 0.1) is 4.92 Å². The Hall–Kier alpha value is -4.64. The number of rotatable bonds is 5. The van der Waals surface area contributed by atoms with E-state index in [1.54, 1.807) is 24.3 Å². The summed E-state index contributed by atoms with van der Waals surface area (Å²) in [4.78, 5) is 47.3. The number of hydrogen-bond donors (Lipinski definition) is 4. The van der Waals surface area contributed by atoms with Crippen molar-refractivity contribution in [1.82, 2.24) is 16.2 Å². The van der Waals surface area contributed by atoms with Crippen molar-refractivity contribution >= 4 is 46.4 Å². The monoisotopic (exact) mass is 477 g/mol. The van der Waals surface area contributed by atoms with E-state index in [1.165, 1.54) is 36.4 Å². The highest BCUT2D eigenvalue weighted by atomic mass is 32.1. The topological polar surface area (TPSA) is 142 Å². The summed E-state index contributed by atoms with van der Waals surface area (Å²) in [5.41, 5.74) is 6.29. The number of nitrogens with zero attached hydrogens (tertiary/aromatic N) is 1. The SMILES string of the molecule is Cc1ccccc1C(=O)Nc1ccc(C(=O)NNC(=S)NC(=O)c2ccccc2[N+](=O)[O-])cc1. The highest BCUT2D eigenvalue weighted by Gasteiger charge is 2.20. The number of anilines is 1. The Bertz CT molecular complexity index is 1280. The molecular formula is C23H19N5O5S. The Kier molecular flexibility index (Phi) is 7.62. The molecular weight excluding hydrogens is 458 g/mol. The van der Waals surface area contributed by atoms with Crippen LogP contribution in [0.5, 0.6) is 0 Å². The predicted octanol–water partition coefficient (Wildman–Crippen LogP) is 3.10. The number of amides is 3. The Morgan fingerprint density at radius 3 is 2.06 bits per heavy atom. The van der Waals surface area contributed by atoms with E-state index >= 15 is 0 Å². The van der Waals surface area contributed by atoms with Crippen molar-refractivity contribution in [1.29, 1.82) is 0 Å². The summed E-state index contributed by atoms with van der Waals surface area (Å²) < 4.78 is 0. The molecule has 0 aliphatic rings. The smallest absolute Gasteiger partial charge is 0.282 e. The average Bonchev–Trinajstić information content (AvgIpc) is 2.83. The van der Waals surface area contributed by atoms with E-state index in [4.69, 9.17) is 12.2 Å². The number of carbonyl (C=O) groups is 3. The van der Waals surface area contributed by atoms with Gasteiger partial charge in [-0.3, -0.25) is 40.7 Å². The third kappa shape index (κ3) is 5.99. The molecule has 0 aliphatic carbocycles. The maximum Gasteiger partial charge on any atom is 0.282 e. The Balaban J connectivity index is 1.53. The first-order valence-corrected chi connectivity index (χ1v) is 10.3. The van der Waals surface area contributed by atoms with Crippen LogP contribution in [0.1, 0.15) is 36.6 Å². The van der Waals surface area contributed by atoms with Crippen molar-refractivity contribution in [2.24, 2.45) is 0 Å². The van der Waals surface area contributed by atoms with Crippen LogP contribution in [-0.4, -0.2) is 27.8 Å². The van der Waals surface area contributed by atoms with Crippen LogP contribution in [0.25, 0.3) is 0 Å². The molecule has 0 atom stereocenters. The molecule has 10 nitrogen and oxygen atoms in total. The van der Waals surface area contributed by atoms with E-state index in [0.717, 1.165) is 5.56 Å². The average molecular weight is 478 g/mol. The molecule has 0 unspecified atom stereocenters. The number of hydrazine groups is 1. The fourth-order valence-corrected chi connectivity index (χ4v) is 3.09. The van der Waals surface area contributed by atoms with Crippen LogP contribution < -0.4 is 21.5 Å². The van der Waals surface area contributed by atoms with E-state index in [0.29, 0.717) is 11.3 Å². The molecule has 11 heteroatoms. The van der Waals surface area contributed by atoms with Gasteiger partial charge in [0.1, 0.15) is 5.56 Å². The van der Waals surface area contributed by atoms with Crippen LogP contribution in [0.3, 0.4) is 0 Å². The normalized spacial score (nSPS) is 10.0. The summed E-state index contributed by atoms with van der Waals surface area (Å²) in [6.45, 7) is 1.84. The number of para-hydroxylation sites is 1. The summed E-state index contributed by atoms with van der Waals surface area (Å²) in [6, 6.07) is 18.7. The van der Waals surface area contributed by atoms with E-state index in [2.05, 4.69) is 21.5 Å². The number of thiocarbonyl (C=S) groups is 1. The van der Waals surface area contributed by atoms with Gasteiger partial charge in [0, 0.05) is 22.9 Å². The van der Waals surface area contributed by atoms with Crippen molar-refractivity contribution < 1.29 is 19.3 Å². The van der Waals surface area contributed by atoms with Crippen LogP contribution in [0.4, 0.5) is 11.4 Å². The minimum absolute atomic E-state index is 0.175. The number of hydrogen-bond acceptors (Lipinski definition) is 6. The Labute approximate surface area is 199 Å². The molecule has 0 aliphatic heterocycles. The van der Waals surface area contributed by atoms with Gasteiger partial charge in [-0.1, -0.05) is 30.3 Å². The number of nitrogens with one attached hydrogen (secondary N) is 4. The first-order valence-electron chi connectivity index (χ1n) is 9.88. The fraction of sp³-hybridized carbons (Fsp3) is 0.0435. The number of carbonyl (C=O) groups excluding carboxylic acids is 3. The Morgan fingerprint density at radius 1 is 0.794 bits per heavy atom. The van der Waals surface area contributed by atoms with Gasteiger partial charge in [0.15, 0.2) is 5.11 Å². The van der Waals surface area contributed by atoms with Gasteiger partial charge >= 0.3 is 0 Å². The quantitative estimate of drug-likeness (QED) is 0.251. The minimum Gasteiger partial charge on any atom is -0.322 e. The summed E-state index contributed by atoms with van der Waals surface area (Å²) >= 11 is 4.96. The van der Waals surface area contributed by atoms with E-state index < -0.39 is 16.7 Å². The van der Waals surface area contributed by atoms with Gasteiger partial charge in [0.25, 0.3) is 23.4 Å². The van der Waals surface area contributed by atoms with E-state index in [9.17, 15) is 24.5 Å². The van der Waals surface area contributed by atoms with Crippen LogP contribution in [0.15, 0.2) is 72.8 Å². The maximum atomic E-state index is 12.4. The van der Waals surface area contributed by atoms with Gasteiger partial charge in [-0.2, -0.15) is 0 Å². The third-order valence-corrected chi connectivity index (χ3v) is 4.86. The molecule has 0 fully saturated rings. The highest BCUT2D eigenvalue weighted by molar-refractivity contribution is 7.80. The van der Waals surface area contributed by atoms with Gasteiger partial charge in [-0.05, 0) is 61.1 Å². The molecule has 0 aromatic heterocycles. The van der Waals surface area contributed by atoms with Crippen molar-refractivity contribution in [2.75, 3.05) is 5.32 Å². The molecule has 3 aromatic rings. The molecule has 0 bridgehead atoms. The van der Waals surface area contributed by atoms with Crippen LogP contribution >= 0.6 is 12.2 Å². The van der Waals surface area contributed by atoms with Crippen LogP contribution in [0, 0.1) is 17.0 Å². The Morgan fingerprint density at radius 2 is 1.41 bits per heavy atom. The standard InChI is InChI=1S/C23H19N5O5S/c1-14-6-2-3-7-17(14)21(30)24-16-12-10-15(11-13-16)20(29)26-27-23(34)25-22(31)18-8-4-5-9-19(18)28(32)33/h2-13H,1H3,(H,24,30)(H,26,29)(H2,25,27,31,34). The molecule has 4 N–H and O–H groups in total. The molecule has 3 amide bonds. The lowest BCUT2D eigenvalue weighted by molar-refractivity contribution is -0.385. The molecule has 0 radical (unpaired) electrons. The zero-order chi connectivity index (χ0) is 24.7. The lowest BCUT2D eigenvalue weighted by atomic mass is 10.1. The number of aryl methyl sites for hydroxylation is 1. The first kappa shape index (κ1) is 24.0. The van der Waals surface area contributed by atoms with Gasteiger partial charge in [-0.15, -0.1) is 0 Å². The number of benzene rings is 3. The fourth-order valence-electron chi connectivity index (χ4n) is 2.94. The lowest BCUT2D eigenvalue weighted by Crippen LogP contribution is -2.48. The van der Waals surface area contributed by atoms with E-state index in [-0.39, 0.29) is 27.8 Å². The molecule has 0 saturated carbocycles. The van der Waals surface area contributed by atoms with Crippen molar-refractivity contribution in [3.63, 3.8) is 0 Å². The summed E-state index contributed by atoms with van der Waals surface area (Å²) in [7, 11) is 0. The van der Waals surface area contributed by atoms with Crippen LogP contribution in [-0.2, 0) is 0 Å². The zero-order valence-corrected chi connectivity index (χ0v) is 18.6. The van der Waals surface area contributed by atoms with Crippen molar-refractivity contribution in [3.05, 3.63) is 105 Å². The molecule has 3 aromatic carbocycles. The number of nitro benzene ring substituents is 1. The summed E-state index contributed by atoms with van der Waals surface area (Å²) in [5.74, 6) is -1.62. The minimum atomic E-state index is -0.798. The molecule has 0 spiro atoms. The predicted molar refractivity (Wildman–Crippen MR) is 129 cm³/mol. The zero-order valence-electron chi connectivity index (χ0n) is 17.8. The van der Waals surface area contributed by atoms with E-state index in [1.807, 2.05) is 19.1 Å². The third-order valence-electron chi connectivity index (χ3n) is 4.66. The molecule has 3 rings (SSSR count).